The summed E-state index contributed by atoms with van der Waals surface area (Å²) in [6.45, 7) is 4.97. The second-order valence-electron chi connectivity index (χ2n) is 4.93. The molecule has 0 spiro atoms. The Hall–Kier alpha value is -1.88. The zero-order valence-corrected chi connectivity index (χ0v) is 13.2. The third kappa shape index (κ3) is 4.86. The number of aryl methyl sites for hydroxylation is 1. The monoisotopic (exact) mass is 304 g/mol. The summed E-state index contributed by atoms with van der Waals surface area (Å²) in [5.41, 5.74) is 2.79. The van der Waals surface area contributed by atoms with Crippen molar-refractivity contribution < 1.29 is 9.53 Å². The largest absolute Gasteiger partial charge is 0.494 e. The van der Waals surface area contributed by atoms with Crippen LogP contribution in [0.3, 0.4) is 0 Å². The van der Waals surface area contributed by atoms with E-state index in [9.17, 15) is 4.79 Å². The molecule has 1 amide bonds. The van der Waals surface area contributed by atoms with Gasteiger partial charge in [0.05, 0.1) is 24.4 Å². The second-order valence-corrected chi connectivity index (χ2v) is 5.87. The number of carbonyl (C=O) groups is 1. The van der Waals surface area contributed by atoms with Gasteiger partial charge in [-0.3, -0.25) is 4.79 Å². The fourth-order valence-electron chi connectivity index (χ4n) is 1.84. The van der Waals surface area contributed by atoms with Crippen molar-refractivity contribution in [2.45, 2.75) is 26.8 Å². The number of hydrogen-bond donors (Lipinski definition) is 1. The highest BCUT2D eigenvalue weighted by atomic mass is 32.1. The lowest BCUT2D eigenvalue weighted by Crippen LogP contribution is -2.29. The van der Waals surface area contributed by atoms with E-state index in [1.807, 2.05) is 44.2 Å². The van der Waals surface area contributed by atoms with Crippen molar-refractivity contribution in [1.29, 1.82) is 0 Å². The summed E-state index contributed by atoms with van der Waals surface area (Å²) in [4.78, 5) is 17.3. The molecule has 1 aromatic heterocycles. The summed E-state index contributed by atoms with van der Waals surface area (Å²) in [7, 11) is 0. The Bertz CT molecular complexity index is 569. The highest BCUT2D eigenvalue weighted by Crippen LogP contribution is 2.13. The number of nitrogens with zero attached hydrogens (tertiary/aromatic N) is 1. The zero-order chi connectivity index (χ0) is 15.1. The number of rotatable bonds is 7. The summed E-state index contributed by atoms with van der Waals surface area (Å²) in [5, 5.41) is 2.95. The quantitative estimate of drug-likeness (QED) is 0.855. The Kier molecular flexibility index (Phi) is 5.75. The van der Waals surface area contributed by atoms with Gasteiger partial charge in [0.2, 0.25) is 5.91 Å². The first-order valence-electron chi connectivity index (χ1n) is 7.01. The van der Waals surface area contributed by atoms with Gasteiger partial charge in [-0.1, -0.05) is 25.1 Å². The molecule has 0 bridgehead atoms. The molecule has 21 heavy (non-hydrogen) atoms. The van der Waals surface area contributed by atoms with Crippen LogP contribution < -0.4 is 10.1 Å². The van der Waals surface area contributed by atoms with Crippen LogP contribution in [-0.4, -0.2) is 17.5 Å². The second kappa shape index (κ2) is 7.78. The summed E-state index contributed by atoms with van der Waals surface area (Å²) < 4.78 is 5.61. The molecule has 1 heterocycles. The van der Waals surface area contributed by atoms with E-state index in [1.54, 1.807) is 16.8 Å². The van der Waals surface area contributed by atoms with E-state index >= 15 is 0 Å². The Labute approximate surface area is 129 Å². The highest BCUT2D eigenvalue weighted by Gasteiger charge is 2.13. The van der Waals surface area contributed by atoms with Gasteiger partial charge in [0, 0.05) is 10.8 Å². The topological polar surface area (TPSA) is 51.2 Å². The zero-order valence-electron chi connectivity index (χ0n) is 12.3. The van der Waals surface area contributed by atoms with Crippen molar-refractivity contribution >= 4 is 17.2 Å². The van der Waals surface area contributed by atoms with E-state index in [0.717, 1.165) is 16.3 Å². The SMILES string of the molecule is Cc1ncsc1CNC(=O)[C@H](C)CCOc1ccccc1. The predicted octanol–water partition coefficient (Wildman–Crippen LogP) is 3.17. The molecule has 2 aromatic rings. The number of nitrogens with one attached hydrogen (secondary N) is 1. The Morgan fingerprint density at radius 1 is 1.38 bits per heavy atom. The van der Waals surface area contributed by atoms with E-state index in [-0.39, 0.29) is 11.8 Å². The van der Waals surface area contributed by atoms with Crippen molar-refractivity contribution in [3.8, 4) is 5.75 Å². The molecule has 0 unspecified atom stereocenters. The molecular weight excluding hydrogens is 284 g/mol. The van der Waals surface area contributed by atoms with Crippen LogP contribution >= 0.6 is 11.3 Å². The number of aromatic nitrogens is 1. The summed E-state index contributed by atoms with van der Waals surface area (Å²) in [6, 6.07) is 9.64. The number of benzene rings is 1. The van der Waals surface area contributed by atoms with E-state index in [0.29, 0.717) is 19.6 Å². The smallest absolute Gasteiger partial charge is 0.223 e. The van der Waals surface area contributed by atoms with Crippen LogP contribution in [0.5, 0.6) is 5.75 Å². The van der Waals surface area contributed by atoms with Crippen molar-refractivity contribution in [1.82, 2.24) is 10.3 Å². The fourth-order valence-corrected chi connectivity index (χ4v) is 2.56. The standard InChI is InChI=1S/C16H20N2O2S/c1-12(8-9-20-14-6-4-3-5-7-14)16(19)17-10-15-13(2)18-11-21-15/h3-7,11-12H,8-10H2,1-2H3,(H,17,19)/t12-/m1/s1. The molecule has 0 aliphatic carbocycles. The molecule has 5 heteroatoms. The molecule has 0 saturated carbocycles. The van der Waals surface area contributed by atoms with Crippen molar-refractivity contribution in [2.75, 3.05) is 6.61 Å². The van der Waals surface area contributed by atoms with E-state index in [4.69, 9.17) is 4.74 Å². The highest BCUT2D eigenvalue weighted by molar-refractivity contribution is 7.09. The maximum absolute atomic E-state index is 12.0. The van der Waals surface area contributed by atoms with Gasteiger partial charge in [-0.25, -0.2) is 4.98 Å². The third-order valence-corrected chi connectivity index (χ3v) is 4.21. The molecule has 0 fully saturated rings. The molecule has 2 rings (SSSR count). The Balaban J connectivity index is 1.69. The normalized spacial score (nSPS) is 11.9. The molecule has 0 radical (unpaired) electrons. The van der Waals surface area contributed by atoms with Crippen LogP contribution in [0.25, 0.3) is 0 Å². The maximum atomic E-state index is 12.0. The molecule has 0 saturated heterocycles. The van der Waals surface area contributed by atoms with Gasteiger partial charge in [-0.2, -0.15) is 0 Å². The van der Waals surface area contributed by atoms with Crippen LogP contribution in [0, 0.1) is 12.8 Å². The number of ether oxygens (including phenoxy) is 1. The lowest BCUT2D eigenvalue weighted by molar-refractivity contribution is -0.125. The number of carbonyl (C=O) groups excluding carboxylic acids is 1. The number of thiazole rings is 1. The lowest BCUT2D eigenvalue weighted by Gasteiger charge is -2.12. The molecular formula is C16H20N2O2S. The van der Waals surface area contributed by atoms with Crippen LogP contribution in [0.1, 0.15) is 23.9 Å². The van der Waals surface area contributed by atoms with Crippen LogP contribution in [0.2, 0.25) is 0 Å². The van der Waals surface area contributed by atoms with E-state index in [1.165, 1.54) is 0 Å². The van der Waals surface area contributed by atoms with Crippen LogP contribution in [-0.2, 0) is 11.3 Å². The first-order valence-corrected chi connectivity index (χ1v) is 7.89. The van der Waals surface area contributed by atoms with Gasteiger partial charge in [0.25, 0.3) is 0 Å². The van der Waals surface area contributed by atoms with E-state index < -0.39 is 0 Å². The summed E-state index contributed by atoms with van der Waals surface area (Å²) in [5.74, 6) is 0.826. The maximum Gasteiger partial charge on any atom is 0.223 e. The van der Waals surface area contributed by atoms with Gasteiger partial charge < -0.3 is 10.1 Å². The number of para-hydroxylation sites is 1. The van der Waals surface area contributed by atoms with Crippen LogP contribution in [0.4, 0.5) is 0 Å². The summed E-state index contributed by atoms with van der Waals surface area (Å²) in [6.07, 6.45) is 0.697. The molecule has 112 valence electrons. The van der Waals surface area contributed by atoms with Gasteiger partial charge in [-0.15, -0.1) is 11.3 Å². The molecule has 1 atom stereocenters. The van der Waals surface area contributed by atoms with Crippen molar-refractivity contribution in [3.63, 3.8) is 0 Å². The first-order chi connectivity index (χ1) is 10.2. The third-order valence-electron chi connectivity index (χ3n) is 3.28. The minimum absolute atomic E-state index is 0.0551. The molecule has 1 N–H and O–H groups in total. The van der Waals surface area contributed by atoms with E-state index in [2.05, 4.69) is 10.3 Å². The fraction of sp³-hybridized carbons (Fsp3) is 0.375. The lowest BCUT2D eigenvalue weighted by atomic mass is 10.1. The number of amides is 1. The Morgan fingerprint density at radius 3 is 2.81 bits per heavy atom. The molecule has 1 aromatic carbocycles. The predicted molar refractivity (Wildman–Crippen MR) is 84.4 cm³/mol. The average molecular weight is 304 g/mol. The Morgan fingerprint density at radius 2 is 2.14 bits per heavy atom. The minimum atomic E-state index is -0.0676. The molecule has 0 aliphatic heterocycles. The van der Waals surface area contributed by atoms with Gasteiger partial charge in [-0.05, 0) is 25.5 Å². The minimum Gasteiger partial charge on any atom is -0.494 e. The van der Waals surface area contributed by atoms with Gasteiger partial charge in [0.1, 0.15) is 5.75 Å². The first kappa shape index (κ1) is 15.5. The average Bonchev–Trinajstić information content (AvgIpc) is 2.91. The van der Waals surface area contributed by atoms with Gasteiger partial charge in [0.15, 0.2) is 0 Å². The van der Waals surface area contributed by atoms with Crippen molar-refractivity contribution in [2.24, 2.45) is 5.92 Å². The van der Waals surface area contributed by atoms with Crippen LogP contribution in [0.15, 0.2) is 35.8 Å². The molecule has 0 aliphatic rings. The summed E-state index contributed by atoms with van der Waals surface area (Å²) >= 11 is 1.57. The van der Waals surface area contributed by atoms with Crippen molar-refractivity contribution in [3.05, 3.63) is 46.4 Å². The number of hydrogen-bond acceptors (Lipinski definition) is 4. The molecule has 4 nitrogen and oxygen atoms in total. The van der Waals surface area contributed by atoms with Gasteiger partial charge >= 0.3 is 0 Å².